The van der Waals surface area contributed by atoms with E-state index in [2.05, 4.69) is 34.9 Å². The summed E-state index contributed by atoms with van der Waals surface area (Å²) in [6, 6.07) is 36.3. The Morgan fingerprint density at radius 2 is 0.750 bits per heavy atom. The Bertz CT molecular complexity index is 1310. The molecule has 0 radical (unpaired) electrons. The van der Waals surface area contributed by atoms with Crippen molar-refractivity contribution in [3.63, 3.8) is 0 Å². The molecular weight excluding hydrogens is 444 g/mol. The van der Waals surface area contributed by atoms with Crippen LogP contribution in [0, 0.1) is 0 Å². The Hall–Kier alpha value is -4.70. The zero-order valence-corrected chi connectivity index (χ0v) is 19.8. The summed E-state index contributed by atoms with van der Waals surface area (Å²) in [6.07, 6.45) is 4.39. The number of allylic oxidation sites excluding steroid dienone is 2. The van der Waals surface area contributed by atoms with Gasteiger partial charge in [0, 0.05) is 23.5 Å². The monoisotopic (exact) mass is 470 g/mol. The number of carbonyl (C=O) groups excluding carboxylic acids is 2. The second kappa shape index (κ2) is 10.7. The first kappa shape index (κ1) is 23.1. The number of rotatable bonds is 8. The number of carbonyl (C=O) groups is 2. The normalized spacial score (nSPS) is 13.1. The van der Waals surface area contributed by atoms with Gasteiger partial charge in [0.05, 0.1) is 11.4 Å². The smallest absolute Gasteiger partial charge is 0.204 e. The first-order valence-corrected chi connectivity index (χ1v) is 11.9. The Morgan fingerprint density at radius 3 is 1.11 bits per heavy atom. The number of ketones is 2. The van der Waals surface area contributed by atoms with Crippen molar-refractivity contribution >= 4 is 22.9 Å². The molecule has 4 nitrogen and oxygen atoms in total. The molecule has 0 bridgehead atoms. The third-order valence-corrected chi connectivity index (χ3v) is 6.05. The number of nitrogens with one attached hydrogen (secondary N) is 2. The van der Waals surface area contributed by atoms with E-state index in [-0.39, 0.29) is 23.0 Å². The van der Waals surface area contributed by atoms with Crippen LogP contribution in [0.5, 0.6) is 0 Å². The van der Waals surface area contributed by atoms with E-state index >= 15 is 0 Å². The minimum atomic E-state index is -0.244. The average Bonchev–Trinajstić information content (AvgIpc) is 2.90. The van der Waals surface area contributed by atoms with Crippen LogP contribution in [0.2, 0.25) is 0 Å². The Morgan fingerprint density at radius 1 is 0.417 bits per heavy atom. The van der Waals surface area contributed by atoms with Gasteiger partial charge in [0.25, 0.3) is 0 Å². The van der Waals surface area contributed by atoms with Crippen LogP contribution in [0.25, 0.3) is 0 Å². The molecule has 4 heteroatoms. The van der Waals surface area contributed by atoms with E-state index in [9.17, 15) is 9.59 Å². The van der Waals surface area contributed by atoms with Gasteiger partial charge in [0.2, 0.25) is 11.6 Å². The topological polar surface area (TPSA) is 58.2 Å². The molecule has 176 valence electrons. The molecule has 0 aliphatic heterocycles. The Labute approximate surface area is 211 Å². The summed E-state index contributed by atoms with van der Waals surface area (Å²) in [5.74, 6) is -0.489. The maximum absolute atomic E-state index is 12.7. The van der Waals surface area contributed by atoms with Gasteiger partial charge >= 0.3 is 0 Å². The standard InChI is InChI=1S/C32H26N2O2/c35-31-22-30(34-28-17-13-26(14-18-28)20-24-9-5-2-6-10-24)32(36)21-29(31)33-27-15-11-25(12-16-27)19-23-7-3-1-4-8-23/h1-18,21-22,33-34H,19-20H2. The second-order valence-electron chi connectivity index (χ2n) is 8.81. The molecule has 1 aliphatic carbocycles. The van der Waals surface area contributed by atoms with Crippen molar-refractivity contribution in [1.82, 2.24) is 0 Å². The summed E-state index contributed by atoms with van der Waals surface area (Å²) in [4.78, 5) is 25.4. The highest BCUT2D eigenvalue weighted by Gasteiger charge is 2.20. The molecule has 0 amide bonds. The summed E-state index contributed by atoms with van der Waals surface area (Å²) in [5, 5.41) is 6.17. The van der Waals surface area contributed by atoms with E-state index in [1.807, 2.05) is 84.9 Å². The van der Waals surface area contributed by atoms with Crippen molar-refractivity contribution in [1.29, 1.82) is 0 Å². The lowest BCUT2D eigenvalue weighted by molar-refractivity contribution is -0.115. The van der Waals surface area contributed by atoms with Gasteiger partial charge in [-0.15, -0.1) is 0 Å². The summed E-state index contributed by atoms with van der Waals surface area (Å²) in [6.45, 7) is 0. The van der Waals surface area contributed by atoms with Crippen LogP contribution in [-0.4, -0.2) is 11.6 Å². The molecule has 0 atom stereocenters. The number of hydrogen-bond acceptors (Lipinski definition) is 4. The fourth-order valence-corrected chi connectivity index (χ4v) is 4.14. The van der Waals surface area contributed by atoms with Gasteiger partial charge in [0.15, 0.2) is 0 Å². The third-order valence-electron chi connectivity index (χ3n) is 6.05. The largest absolute Gasteiger partial charge is 0.352 e. The summed E-state index contributed by atoms with van der Waals surface area (Å²) < 4.78 is 0. The molecule has 0 unspecified atom stereocenters. The van der Waals surface area contributed by atoms with Crippen LogP contribution >= 0.6 is 0 Å². The highest BCUT2D eigenvalue weighted by Crippen LogP contribution is 2.21. The van der Waals surface area contributed by atoms with Crippen LogP contribution in [-0.2, 0) is 22.4 Å². The average molecular weight is 471 g/mol. The van der Waals surface area contributed by atoms with Crippen molar-refractivity contribution in [2.24, 2.45) is 0 Å². The molecule has 5 rings (SSSR count). The molecule has 36 heavy (non-hydrogen) atoms. The fraction of sp³-hybridized carbons (Fsp3) is 0.0625. The number of hydrogen-bond donors (Lipinski definition) is 2. The predicted molar refractivity (Wildman–Crippen MR) is 145 cm³/mol. The Kier molecular flexibility index (Phi) is 6.86. The minimum Gasteiger partial charge on any atom is -0.352 e. The van der Waals surface area contributed by atoms with E-state index in [0.717, 1.165) is 24.2 Å². The molecule has 0 fully saturated rings. The van der Waals surface area contributed by atoms with Gasteiger partial charge < -0.3 is 10.6 Å². The van der Waals surface area contributed by atoms with E-state index in [1.165, 1.54) is 34.4 Å². The van der Waals surface area contributed by atoms with Crippen molar-refractivity contribution in [3.05, 3.63) is 155 Å². The first-order valence-electron chi connectivity index (χ1n) is 11.9. The van der Waals surface area contributed by atoms with Crippen LogP contribution in [0.15, 0.2) is 133 Å². The molecule has 4 aromatic rings. The highest BCUT2D eigenvalue weighted by atomic mass is 16.1. The van der Waals surface area contributed by atoms with Crippen LogP contribution in [0.1, 0.15) is 22.3 Å². The SMILES string of the molecule is O=C1C=C(Nc2ccc(Cc3ccccc3)cc2)C(=O)C=C1Nc1ccc(Cc2ccccc2)cc1. The lowest BCUT2D eigenvalue weighted by Crippen LogP contribution is -2.21. The molecule has 0 aromatic heterocycles. The molecule has 4 aromatic carbocycles. The van der Waals surface area contributed by atoms with Crippen molar-refractivity contribution in [3.8, 4) is 0 Å². The zero-order chi connectivity index (χ0) is 24.7. The predicted octanol–water partition coefficient (Wildman–Crippen LogP) is 6.31. The Balaban J connectivity index is 1.19. The van der Waals surface area contributed by atoms with E-state index in [0.29, 0.717) is 0 Å². The first-order chi connectivity index (χ1) is 17.6. The van der Waals surface area contributed by atoms with Crippen LogP contribution in [0.4, 0.5) is 11.4 Å². The van der Waals surface area contributed by atoms with Crippen molar-refractivity contribution in [2.45, 2.75) is 12.8 Å². The number of benzene rings is 4. The maximum atomic E-state index is 12.7. The van der Waals surface area contributed by atoms with E-state index in [1.54, 1.807) is 0 Å². The van der Waals surface area contributed by atoms with E-state index < -0.39 is 0 Å². The van der Waals surface area contributed by atoms with Gasteiger partial charge in [-0.3, -0.25) is 9.59 Å². The zero-order valence-electron chi connectivity index (χ0n) is 19.8. The van der Waals surface area contributed by atoms with E-state index in [4.69, 9.17) is 0 Å². The molecule has 0 saturated heterocycles. The van der Waals surface area contributed by atoms with Gasteiger partial charge in [-0.1, -0.05) is 84.9 Å². The van der Waals surface area contributed by atoms with Gasteiger partial charge in [0.1, 0.15) is 0 Å². The summed E-state index contributed by atoms with van der Waals surface area (Å²) >= 11 is 0. The number of anilines is 2. The molecular formula is C32H26N2O2. The van der Waals surface area contributed by atoms with Gasteiger partial charge in [-0.05, 0) is 59.4 Å². The van der Waals surface area contributed by atoms with Crippen LogP contribution in [0.3, 0.4) is 0 Å². The highest BCUT2D eigenvalue weighted by molar-refractivity contribution is 6.21. The lowest BCUT2D eigenvalue weighted by atomic mass is 10.0. The maximum Gasteiger partial charge on any atom is 0.204 e. The quantitative estimate of drug-likeness (QED) is 0.296. The fourth-order valence-electron chi connectivity index (χ4n) is 4.14. The van der Waals surface area contributed by atoms with Gasteiger partial charge in [-0.2, -0.15) is 0 Å². The van der Waals surface area contributed by atoms with Crippen LogP contribution < -0.4 is 10.6 Å². The third kappa shape index (κ3) is 5.86. The molecule has 0 saturated carbocycles. The summed E-state index contributed by atoms with van der Waals surface area (Å²) in [7, 11) is 0. The second-order valence-corrected chi connectivity index (χ2v) is 8.81. The summed E-state index contributed by atoms with van der Waals surface area (Å²) in [5.41, 5.74) is 6.88. The molecule has 0 heterocycles. The lowest BCUT2D eigenvalue weighted by Gasteiger charge is -2.16. The van der Waals surface area contributed by atoms with Crippen molar-refractivity contribution < 1.29 is 9.59 Å². The van der Waals surface area contributed by atoms with Gasteiger partial charge in [-0.25, -0.2) is 0 Å². The van der Waals surface area contributed by atoms with Crippen molar-refractivity contribution in [2.75, 3.05) is 10.6 Å². The molecule has 0 spiro atoms. The molecule has 2 N–H and O–H groups in total. The molecule has 1 aliphatic rings. The minimum absolute atomic E-state index is 0.244.